The van der Waals surface area contributed by atoms with Crippen LogP contribution in [-0.2, 0) is 42.7 Å². The van der Waals surface area contributed by atoms with Crippen LogP contribution in [0.15, 0.2) is 72.5 Å². The van der Waals surface area contributed by atoms with Crippen molar-refractivity contribution in [1.82, 2.24) is 10.3 Å². The molecular formula is C46H58N2O14. The number of methoxy groups -OCH3 is 1. The summed E-state index contributed by atoms with van der Waals surface area (Å²) in [5.41, 5.74) is -5.36. The van der Waals surface area contributed by atoms with Crippen molar-refractivity contribution in [3.63, 3.8) is 0 Å². The lowest BCUT2D eigenvalue weighted by Crippen LogP contribution is -2.79. The van der Waals surface area contributed by atoms with Gasteiger partial charge in [-0.2, -0.15) is 0 Å². The van der Waals surface area contributed by atoms with Gasteiger partial charge in [-0.3, -0.25) is 9.78 Å². The largest absolute Gasteiger partial charge is 0.495 e. The van der Waals surface area contributed by atoms with E-state index in [0.717, 1.165) is 0 Å². The minimum absolute atomic E-state index is 0.0473. The lowest BCUT2D eigenvalue weighted by atomic mass is 9.45. The molecule has 336 valence electrons. The third-order valence-electron chi connectivity index (χ3n) is 13.5. The van der Waals surface area contributed by atoms with E-state index in [0.29, 0.717) is 29.7 Å². The fourth-order valence-electron chi connectivity index (χ4n) is 10.5. The van der Waals surface area contributed by atoms with E-state index in [1.165, 1.54) is 32.4 Å². The van der Waals surface area contributed by atoms with Crippen molar-refractivity contribution in [2.75, 3.05) is 13.7 Å². The number of pyridine rings is 1. The van der Waals surface area contributed by atoms with E-state index in [-0.39, 0.29) is 24.3 Å². The number of aliphatic hydroxyl groups excluding tert-OH is 1. The fourth-order valence-corrected chi connectivity index (χ4v) is 10.5. The van der Waals surface area contributed by atoms with Gasteiger partial charge in [0.25, 0.3) is 0 Å². The van der Waals surface area contributed by atoms with Crippen LogP contribution in [-0.4, -0.2) is 113 Å². The van der Waals surface area contributed by atoms with E-state index in [2.05, 4.69) is 16.9 Å². The number of hydrogen-bond acceptors (Lipinski definition) is 15. The molecule has 62 heavy (non-hydrogen) atoms. The number of carbonyl (C=O) groups is 4. The number of nitrogens with zero attached hydrogens (tertiary/aromatic N) is 1. The topological polar surface area (TPSA) is 207 Å². The number of rotatable bonds is 10. The second-order valence-corrected chi connectivity index (χ2v) is 18.7. The average Bonchev–Trinajstić information content (AvgIpc) is 3.64. The normalized spacial score (nSPS) is 34.2. The first-order valence-corrected chi connectivity index (χ1v) is 20.9. The zero-order valence-corrected chi connectivity index (χ0v) is 36.7. The molecule has 1 amide bonds. The third-order valence-corrected chi connectivity index (χ3v) is 13.5. The van der Waals surface area contributed by atoms with Gasteiger partial charge in [-0.05, 0) is 82.0 Å². The number of hydrogen-bond donors (Lipinski definition) is 3. The number of carbonyl (C=O) groups excluding carboxylic acids is 4. The smallest absolute Gasteiger partial charge is 0.408 e. The monoisotopic (exact) mass is 862 g/mol. The van der Waals surface area contributed by atoms with Gasteiger partial charge in [0.2, 0.25) is 0 Å². The number of alkyl carbamates (subject to hydrolysis) is 1. The van der Waals surface area contributed by atoms with Gasteiger partial charge in [0.15, 0.2) is 18.0 Å². The van der Waals surface area contributed by atoms with Gasteiger partial charge in [0.1, 0.15) is 47.4 Å². The summed E-state index contributed by atoms with van der Waals surface area (Å²) in [5.74, 6) is -3.07. The van der Waals surface area contributed by atoms with Gasteiger partial charge >= 0.3 is 24.0 Å². The maximum atomic E-state index is 14.4. The Morgan fingerprint density at radius 3 is 2.34 bits per heavy atom. The van der Waals surface area contributed by atoms with E-state index >= 15 is 0 Å². The Balaban J connectivity index is 1.36. The van der Waals surface area contributed by atoms with Gasteiger partial charge in [-0.1, -0.05) is 45.5 Å². The van der Waals surface area contributed by atoms with Gasteiger partial charge in [-0.15, -0.1) is 0 Å². The zero-order valence-electron chi connectivity index (χ0n) is 36.7. The molecule has 2 saturated carbocycles. The number of aliphatic hydroxyl groups is 2. The summed E-state index contributed by atoms with van der Waals surface area (Å²) in [5, 5.41) is 28.2. The molecule has 4 fully saturated rings. The Hall–Kier alpha value is -4.87. The number of aromatic nitrogens is 1. The Labute approximate surface area is 361 Å². The van der Waals surface area contributed by atoms with E-state index in [9.17, 15) is 29.4 Å². The van der Waals surface area contributed by atoms with E-state index in [4.69, 9.17) is 37.9 Å². The van der Waals surface area contributed by atoms with Crippen LogP contribution in [0.4, 0.5) is 4.79 Å². The summed E-state index contributed by atoms with van der Waals surface area (Å²) in [7, 11) is 1.45. The minimum Gasteiger partial charge on any atom is -0.495 e. The van der Waals surface area contributed by atoms with Crippen LogP contribution in [0.5, 0.6) is 5.75 Å². The second kappa shape index (κ2) is 16.4. The molecule has 3 aliphatic carbocycles. The maximum Gasteiger partial charge on any atom is 0.408 e. The van der Waals surface area contributed by atoms with Crippen LogP contribution in [0.3, 0.4) is 0 Å². The van der Waals surface area contributed by atoms with Crippen molar-refractivity contribution in [3.05, 3.63) is 83.7 Å². The Morgan fingerprint density at radius 2 is 1.76 bits per heavy atom. The fraction of sp³-hybridized carbons (Fsp3) is 0.587. The molecule has 0 spiro atoms. The molecule has 0 radical (unpaired) electrons. The first-order valence-electron chi connectivity index (χ1n) is 20.9. The average molecular weight is 863 g/mol. The molecule has 7 rings (SSSR count). The molecule has 2 bridgehead atoms. The van der Waals surface area contributed by atoms with E-state index in [1.54, 1.807) is 77.9 Å². The Bertz CT molecular complexity index is 2100. The van der Waals surface area contributed by atoms with Gasteiger partial charge in [0, 0.05) is 24.2 Å². The highest BCUT2D eigenvalue weighted by molar-refractivity contribution is 5.89. The van der Waals surface area contributed by atoms with E-state index in [1.807, 2.05) is 6.92 Å². The molecule has 16 nitrogen and oxygen atoms in total. The van der Waals surface area contributed by atoms with Crippen molar-refractivity contribution in [2.24, 2.45) is 16.7 Å². The van der Waals surface area contributed by atoms with Crippen LogP contribution >= 0.6 is 0 Å². The Morgan fingerprint density at radius 1 is 1.05 bits per heavy atom. The first-order chi connectivity index (χ1) is 29.1. The molecule has 3 N–H and O–H groups in total. The molecule has 1 aromatic carbocycles. The van der Waals surface area contributed by atoms with Crippen LogP contribution in [0.25, 0.3) is 0 Å². The zero-order chi connectivity index (χ0) is 45.2. The molecule has 2 aromatic rings. The van der Waals surface area contributed by atoms with Crippen molar-refractivity contribution in [3.8, 4) is 5.75 Å². The van der Waals surface area contributed by atoms with Crippen LogP contribution in [0.2, 0.25) is 0 Å². The van der Waals surface area contributed by atoms with E-state index < -0.39 is 107 Å². The highest BCUT2D eigenvalue weighted by Gasteiger charge is 2.77. The molecular weight excluding hydrogens is 805 g/mol. The second-order valence-electron chi connectivity index (χ2n) is 18.7. The van der Waals surface area contributed by atoms with Crippen molar-refractivity contribution in [1.29, 1.82) is 0 Å². The summed E-state index contributed by atoms with van der Waals surface area (Å²) >= 11 is 0. The number of benzene rings is 1. The van der Waals surface area contributed by atoms with Gasteiger partial charge < -0.3 is 53.4 Å². The van der Waals surface area contributed by atoms with Crippen LogP contribution in [0, 0.1) is 16.7 Å². The molecule has 0 unspecified atom stereocenters. The summed E-state index contributed by atoms with van der Waals surface area (Å²) in [6.45, 7) is 17.5. The molecule has 16 heteroatoms. The number of fused-ring (bicyclic) bond motifs is 8. The summed E-state index contributed by atoms with van der Waals surface area (Å²) in [4.78, 5) is 59.3. The Kier molecular flexibility index (Phi) is 11.9. The molecule has 2 aliphatic heterocycles. The first kappa shape index (κ1) is 45.2. The number of nitrogens with one attached hydrogen (secondary N) is 1. The predicted octanol–water partition coefficient (Wildman–Crippen LogP) is 5.06. The lowest BCUT2D eigenvalue weighted by Gasteiger charge is -2.68. The molecule has 3 heterocycles. The van der Waals surface area contributed by atoms with Gasteiger partial charge in [-0.25, -0.2) is 14.4 Å². The molecule has 5 aliphatic rings. The van der Waals surface area contributed by atoms with Crippen molar-refractivity contribution < 1.29 is 67.3 Å². The number of esters is 3. The van der Waals surface area contributed by atoms with Crippen molar-refractivity contribution in [2.45, 2.75) is 140 Å². The van der Waals surface area contributed by atoms with Crippen LogP contribution in [0.1, 0.15) is 96.7 Å². The highest BCUT2D eigenvalue weighted by atomic mass is 16.7. The predicted molar refractivity (Wildman–Crippen MR) is 219 cm³/mol. The van der Waals surface area contributed by atoms with Crippen molar-refractivity contribution >= 4 is 24.0 Å². The summed E-state index contributed by atoms with van der Waals surface area (Å²) < 4.78 is 49.3. The number of ether oxygens (including phenoxy) is 8. The third kappa shape index (κ3) is 7.67. The molecule has 12 atom stereocenters. The van der Waals surface area contributed by atoms with Gasteiger partial charge in [0.05, 0.1) is 43.2 Å². The van der Waals surface area contributed by atoms with Crippen LogP contribution < -0.4 is 10.1 Å². The quantitative estimate of drug-likeness (QED) is 0.162. The minimum atomic E-state index is -2.09. The SMILES string of the molecule is C=C[C@@H]1O[C@@H]2C3=C(C)[C@@H](OC(=O)[C@H](O)[C@@H](NC(=O)OC(C)(C)C)c4ccc(OC)cn4)C[C@@](O)([C@@H](OC(=O)c4ccccc4)[C@H]4[C@@](C)(CC[C@H]5OC[C@]54OC(C)=O)[C@@H]2O1)C3(C)C. The summed E-state index contributed by atoms with van der Waals surface area (Å²) in [6.07, 6.45) is -5.43. The summed E-state index contributed by atoms with van der Waals surface area (Å²) in [6, 6.07) is 9.90. The maximum absolute atomic E-state index is 14.4. The number of amides is 1. The standard InChI is InChI=1S/C46H58N2O14/c1-11-31-58-35-32-24(2)29(57-40(52)34(50)33(48-41(53)62-42(4,5)6)28-18-17-27(55-10)22-47-28)21-46(54,43(32,7)8)38(60-39(51)26-15-13-12-14-16-26)36-44(9,37(35)59-31)20-19-30-45(36,23-56-30)61-25(3)49/h11-18,22,29-31,33-38,50,54H,1,19-21,23H2,2-10H3,(H,48,53)/t29-,30+,31+,33-,34+,35+,36-,37+,38-,44+,45-,46+/m0/s1. The molecule has 2 saturated heterocycles. The highest BCUT2D eigenvalue weighted by Crippen LogP contribution is 2.66. The molecule has 1 aromatic heterocycles. The lowest BCUT2D eigenvalue weighted by molar-refractivity contribution is -0.345.